The first-order chi connectivity index (χ1) is 21.7. The van der Waals surface area contributed by atoms with E-state index < -0.39 is 17.7 Å². The molecule has 3 atom stereocenters. The third-order valence-corrected chi connectivity index (χ3v) is 7.54. The van der Waals surface area contributed by atoms with Crippen molar-refractivity contribution in [3.8, 4) is 0 Å². The Morgan fingerprint density at radius 3 is 2.09 bits per heavy atom. The van der Waals surface area contributed by atoms with Gasteiger partial charge in [-0.2, -0.15) is 5.10 Å². The minimum atomic E-state index is -1.64. The fourth-order valence-corrected chi connectivity index (χ4v) is 4.81. The molecule has 0 aliphatic rings. The molecule has 246 valence electrons. The molecule has 12 nitrogen and oxygen atoms in total. The van der Waals surface area contributed by atoms with Gasteiger partial charge in [-0.3, -0.25) is 15.0 Å². The number of amides is 2. The zero-order chi connectivity index (χ0) is 33.0. The number of carbonyl (C=O) groups is 4. The van der Waals surface area contributed by atoms with Crippen LogP contribution in [0.3, 0.4) is 0 Å². The molecule has 0 fully saturated rings. The SMILES string of the molecule is CCC(CCC(CCC(C)C(=O)NCCOCCc1ccc(NN=C(C(=O)O)C(=O)O)cc1)C(=O)NCCO)c1ccccc1. The summed E-state index contributed by atoms with van der Waals surface area (Å²) in [7, 11) is 0. The fourth-order valence-electron chi connectivity index (χ4n) is 4.81. The van der Waals surface area contributed by atoms with Crippen molar-refractivity contribution in [1.82, 2.24) is 10.6 Å². The number of aliphatic hydroxyl groups is 1. The summed E-state index contributed by atoms with van der Waals surface area (Å²) in [6, 6.07) is 17.1. The first-order valence-corrected chi connectivity index (χ1v) is 15.3. The van der Waals surface area contributed by atoms with E-state index in [9.17, 15) is 19.2 Å². The number of aliphatic hydroxyl groups excluding tert-OH is 1. The van der Waals surface area contributed by atoms with E-state index in [0.29, 0.717) is 57.0 Å². The lowest BCUT2D eigenvalue weighted by molar-refractivity contribution is -0.134. The largest absolute Gasteiger partial charge is 0.476 e. The predicted molar refractivity (Wildman–Crippen MR) is 171 cm³/mol. The summed E-state index contributed by atoms with van der Waals surface area (Å²) < 4.78 is 5.64. The number of rotatable bonds is 22. The Balaban J connectivity index is 1.72. The van der Waals surface area contributed by atoms with Crippen molar-refractivity contribution >= 4 is 35.2 Å². The smallest absolute Gasteiger partial charge is 0.364 e. The number of carboxylic acids is 2. The van der Waals surface area contributed by atoms with E-state index in [1.807, 2.05) is 25.1 Å². The number of carboxylic acid groups (broad SMARTS) is 2. The highest BCUT2D eigenvalue weighted by Gasteiger charge is 2.23. The molecule has 0 saturated carbocycles. The van der Waals surface area contributed by atoms with Gasteiger partial charge < -0.3 is 30.7 Å². The van der Waals surface area contributed by atoms with Gasteiger partial charge in [0, 0.05) is 24.9 Å². The van der Waals surface area contributed by atoms with Crippen LogP contribution in [0.1, 0.15) is 63.0 Å². The van der Waals surface area contributed by atoms with E-state index in [0.717, 1.165) is 18.4 Å². The molecule has 2 amide bonds. The van der Waals surface area contributed by atoms with Gasteiger partial charge in [0.15, 0.2) is 0 Å². The number of hydrogen-bond donors (Lipinski definition) is 6. The number of nitrogens with zero attached hydrogens (tertiary/aromatic N) is 1. The Bertz CT molecular complexity index is 1220. The van der Waals surface area contributed by atoms with Crippen molar-refractivity contribution in [2.45, 2.75) is 58.3 Å². The maximum Gasteiger partial charge on any atom is 0.364 e. The first kappa shape index (κ1) is 36.9. The summed E-state index contributed by atoms with van der Waals surface area (Å²) in [4.78, 5) is 47.2. The number of ether oxygens (including phenoxy) is 1. The normalized spacial score (nSPS) is 12.8. The summed E-state index contributed by atoms with van der Waals surface area (Å²) in [6.45, 7) is 5.21. The van der Waals surface area contributed by atoms with Crippen molar-refractivity contribution in [2.75, 3.05) is 38.3 Å². The third-order valence-electron chi connectivity index (χ3n) is 7.54. The van der Waals surface area contributed by atoms with Crippen LogP contribution in [0.2, 0.25) is 0 Å². The van der Waals surface area contributed by atoms with Crippen molar-refractivity contribution in [1.29, 1.82) is 0 Å². The van der Waals surface area contributed by atoms with Crippen LogP contribution in [-0.4, -0.2) is 77.7 Å². The average Bonchev–Trinajstić information content (AvgIpc) is 3.03. The van der Waals surface area contributed by atoms with Crippen LogP contribution in [0.5, 0.6) is 0 Å². The molecule has 2 rings (SSSR count). The molecule has 0 saturated heterocycles. The van der Waals surface area contributed by atoms with E-state index in [-0.39, 0.29) is 36.8 Å². The van der Waals surface area contributed by atoms with Crippen molar-refractivity contribution < 1.29 is 39.2 Å². The second-order valence-corrected chi connectivity index (χ2v) is 10.8. The molecule has 0 spiro atoms. The topological polar surface area (TPSA) is 187 Å². The number of hydrazone groups is 1. The number of benzene rings is 2. The summed E-state index contributed by atoms with van der Waals surface area (Å²) in [5.41, 5.74) is 4.04. The second kappa shape index (κ2) is 20.6. The molecule has 0 radical (unpaired) electrons. The van der Waals surface area contributed by atoms with E-state index >= 15 is 0 Å². The minimum Gasteiger partial charge on any atom is -0.476 e. The predicted octanol–water partition coefficient (Wildman–Crippen LogP) is 3.41. The van der Waals surface area contributed by atoms with Gasteiger partial charge in [0.25, 0.3) is 5.71 Å². The van der Waals surface area contributed by atoms with Gasteiger partial charge in [-0.15, -0.1) is 0 Å². The Morgan fingerprint density at radius 2 is 1.47 bits per heavy atom. The summed E-state index contributed by atoms with van der Waals surface area (Å²) in [5, 5.41) is 35.9. The number of nitrogens with one attached hydrogen (secondary N) is 3. The van der Waals surface area contributed by atoms with Crippen LogP contribution in [0.15, 0.2) is 59.7 Å². The highest BCUT2D eigenvalue weighted by Crippen LogP contribution is 2.28. The Morgan fingerprint density at radius 1 is 0.822 bits per heavy atom. The number of hydrogen-bond acceptors (Lipinski definition) is 8. The summed E-state index contributed by atoms with van der Waals surface area (Å²) in [5.74, 6) is -3.61. The molecule has 12 heteroatoms. The Hall–Kier alpha value is -4.29. The van der Waals surface area contributed by atoms with Crippen LogP contribution in [0, 0.1) is 11.8 Å². The molecule has 0 aliphatic carbocycles. The lowest BCUT2D eigenvalue weighted by Crippen LogP contribution is -2.35. The standard InChI is InChI=1S/C33H46N4O8/c1-3-25(26-7-5-4-6-8-26)13-14-27(31(40)34-18-20-38)12-9-23(2)30(39)35-19-22-45-21-17-24-10-15-28(16-11-24)36-37-29(32(41)42)33(43)44/h4-8,10-11,15-16,23,25,27,36,38H,3,9,12-14,17-22H2,1-2H3,(H,34,40)(H,35,39)(H,41,42)(H,43,44). The third kappa shape index (κ3) is 13.9. The van der Waals surface area contributed by atoms with E-state index in [1.54, 1.807) is 24.3 Å². The second-order valence-electron chi connectivity index (χ2n) is 10.8. The van der Waals surface area contributed by atoms with E-state index in [2.05, 4.69) is 40.2 Å². The molecule has 0 aliphatic heterocycles. The zero-order valence-electron chi connectivity index (χ0n) is 26.0. The van der Waals surface area contributed by atoms with Crippen molar-refractivity contribution in [3.05, 3.63) is 65.7 Å². The number of anilines is 1. The molecule has 0 heterocycles. The number of carbonyl (C=O) groups excluding carboxylic acids is 2. The molecule has 6 N–H and O–H groups in total. The molecule has 2 aromatic rings. The fraction of sp³-hybridized carbons (Fsp3) is 0.485. The first-order valence-electron chi connectivity index (χ1n) is 15.3. The maximum absolute atomic E-state index is 12.8. The monoisotopic (exact) mass is 626 g/mol. The lowest BCUT2D eigenvalue weighted by Gasteiger charge is -2.22. The minimum absolute atomic E-state index is 0.0853. The summed E-state index contributed by atoms with van der Waals surface area (Å²) >= 11 is 0. The highest BCUT2D eigenvalue weighted by atomic mass is 16.5. The molecule has 0 bridgehead atoms. The van der Waals surface area contributed by atoms with Gasteiger partial charge in [0.05, 0.1) is 25.5 Å². The summed E-state index contributed by atoms with van der Waals surface area (Å²) in [6.07, 6.45) is 4.29. The molecule has 2 aromatic carbocycles. The molecule has 45 heavy (non-hydrogen) atoms. The van der Waals surface area contributed by atoms with E-state index in [4.69, 9.17) is 20.1 Å². The Kier molecular flexibility index (Phi) is 16.9. The quantitative estimate of drug-likeness (QED) is 0.0493. The highest BCUT2D eigenvalue weighted by molar-refractivity contribution is 6.61. The maximum atomic E-state index is 12.8. The molecular weight excluding hydrogens is 580 g/mol. The van der Waals surface area contributed by atoms with Gasteiger partial charge in [-0.05, 0) is 67.7 Å². The van der Waals surface area contributed by atoms with Gasteiger partial charge in [0.1, 0.15) is 0 Å². The van der Waals surface area contributed by atoms with Gasteiger partial charge >= 0.3 is 11.9 Å². The lowest BCUT2D eigenvalue weighted by atomic mass is 9.85. The molecule has 3 unspecified atom stereocenters. The van der Waals surface area contributed by atoms with Crippen LogP contribution < -0.4 is 16.1 Å². The molecule has 0 aromatic heterocycles. The molecular formula is C33H46N4O8. The van der Waals surface area contributed by atoms with Crippen LogP contribution >= 0.6 is 0 Å². The number of aliphatic carboxylic acids is 2. The van der Waals surface area contributed by atoms with E-state index in [1.165, 1.54) is 5.56 Å². The van der Waals surface area contributed by atoms with Gasteiger partial charge in [0.2, 0.25) is 11.8 Å². The van der Waals surface area contributed by atoms with Crippen LogP contribution in [-0.2, 0) is 30.3 Å². The van der Waals surface area contributed by atoms with Crippen LogP contribution in [0.4, 0.5) is 5.69 Å². The van der Waals surface area contributed by atoms with Crippen LogP contribution in [0.25, 0.3) is 0 Å². The van der Waals surface area contributed by atoms with Gasteiger partial charge in [-0.25, -0.2) is 9.59 Å². The zero-order valence-corrected chi connectivity index (χ0v) is 26.0. The Labute approximate surface area is 264 Å². The van der Waals surface area contributed by atoms with Crippen molar-refractivity contribution in [3.63, 3.8) is 0 Å². The van der Waals surface area contributed by atoms with Gasteiger partial charge in [-0.1, -0.05) is 56.3 Å². The average molecular weight is 627 g/mol. The van der Waals surface area contributed by atoms with Crippen molar-refractivity contribution in [2.24, 2.45) is 16.9 Å².